The van der Waals surface area contributed by atoms with E-state index in [9.17, 15) is 4.79 Å². The molecule has 2 N–H and O–H groups in total. The zero-order valence-electron chi connectivity index (χ0n) is 14.5. The van der Waals surface area contributed by atoms with Crippen LogP contribution in [0.25, 0.3) is 10.9 Å². The van der Waals surface area contributed by atoms with Gasteiger partial charge in [-0.3, -0.25) is 9.78 Å². The Kier molecular flexibility index (Phi) is 3.80. The van der Waals surface area contributed by atoms with E-state index in [1.54, 1.807) is 0 Å². The summed E-state index contributed by atoms with van der Waals surface area (Å²) < 4.78 is 0. The summed E-state index contributed by atoms with van der Waals surface area (Å²) >= 11 is 0. The molecule has 3 aliphatic rings. The number of rotatable bonds is 3. The molecule has 1 aromatic heterocycles. The molecule has 0 spiro atoms. The summed E-state index contributed by atoms with van der Waals surface area (Å²) in [7, 11) is 0. The molecule has 1 amide bonds. The van der Waals surface area contributed by atoms with Crippen molar-refractivity contribution in [2.75, 3.05) is 19.6 Å². The van der Waals surface area contributed by atoms with Gasteiger partial charge in [-0.1, -0.05) is 13.0 Å². The summed E-state index contributed by atoms with van der Waals surface area (Å²) in [5.74, 6) is 1.01. The molecule has 4 heterocycles. The van der Waals surface area contributed by atoms with E-state index >= 15 is 0 Å². The fourth-order valence-electron chi connectivity index (χ4n) is 4.72. The maximum Gasteiger partial charge on any atom is 0.248 e. The SMILES string of the molecule is CCc1nc2cc(C(N)=O)ccc2c(C)c1C1CN2CCC1CC2. The number of nitrogens with two attached hydrogens (primary N) is 1. The Bertz CT molecular complexity index is 806. The molecule has 2 aromatic rings. The number of carbonyl (C=O) groups excluding carboxylic acids is 1. The molecular formula is C20H25N3O. The minimum atomic E-state index is -0.393. The zero-order chi connectivity index (χ0) is 16.8. The minimum absolute atomic E-state index is 0.393. The monoisotopic (exact) mass is 323 g/mol. The van der Waals surface area contributed by atoms with Crippen LogP contribution in [0.3, 0.4) is 0 Å². The molecule has 24 heavy (non-hydrogen) atoms. The molecule has 0 saturated carbocycles. The Labute approximate surface area is 143 Å². The van der Waals surface area contributed by atoms with Crippen molar-refractivity contribution < 1.29 is 4.79 Å². The maximum atomic E-state index is 11.5. The van der Waals surface area contributed by atoms with Gasteiger partial charge in [-0.05, 0) is 68.5 Å². The van der Waals surface area contributed by atoms with Crippen molar-refractivity contribution in [3.63, 3.8) is 0 Å². The zero-order valence-corrected chi connectivity index (χ0v) is 14.5. The van der Waals surface area contributed by atoms with Gasteiger partial charge in [0.2, 0.25) is 5.91 Å². The van der Waals surface area contributed by atoms with Crippen LogP contribution in [0, 0.1) is 12.8 Å². The first-order valence-corrected chi connectivity index (χ1v) is 9.03. The second-order valence-electron chi connectivity index (χ2n) is 7.29. The highest BCUT2D eigenvalue weighted by Gasteiger charge is 2.37. The van der Waals surface area contributed by atoms with Crippen LogP contribution in [-0.2, 0) is 6.42 Å². The quantitative estimate of drug-likeness (QED) is 0.944. The number of aromatic nitrogens is 1. The molecule has 5 rings (SSSR count). The molecule has 2 bridgehead atoms. The number of benzene rings is 1. The van der Waals surface area contributed by atoms with Gasteiger partial charge in [0.1, 0.15) is 0 Å². The number of piperidine rings is 3. The summed E-state index contributed by atoms with van der Waals surface area (Å²) in [6.07, 6.45) is 3.55. The predicted molar refractivity (Wildman–Crippen MR) is 96.3 cm³/mol. The molecule has 3 saturated heterocycles. The molecule has 0 aliphatic carbocycles. The summed E-state index contributed by atoms with van der Waals surface area (Å²) in [5, 5.41) is 1.16. The molecule has 4 nitrogen and oxygen atoms in total. The number of nitrogens with zero attached hydrogens (tertiary/aromatic N) is 2. The molecule has 3 aliphatic heterocycles. The normalized spacial score (nSPS) is 26.0. The van der Waals surface area contributed by atoms with Crippen LogP contribution in [0.2, 0.25) is 0 Å². The molecule has 4 heteroatoms. The highest BCUT2D eigenvalue weighted by molar-refractivity contribution is 5.97. The van der Waals surface area contributed by atoms with Crippen LogP contribution in [0.15, 0.2) is 18.2 Å². The Morgan fingerprint density at radius 3 is 2.67 bits per heavy atom. The lowest BCUT2D eigenvalue weighted by molar-refractivity contribution is 0.0864. The van der Waals surface area contributed by atoms with E-state index < -0.39 is 5.91 Å². The second-order valence-corrected chi connectivity index (χ2v) is 7.29. The van der Waals surface area contributed by atoms with Crippen LogP contribution in [0.5, 0.6) is 0 Å². The number of fused-ring (bicyclic) bond motifs is 4. The highest BCUT2D eigenvalue weighted by atomic mass is 16.1. The van der Waals surface area contributed by atoms with Crippen LogP contribution < -0.4 is 5.73 Å². The summed E-state index contributed by atoms with van der Waals surface area (Å²) in [5.41, 5.74) is 10.9. The lowest BCUT2D eigenvalue weighted by Crippen LogP contribution is -2.46. The van der Waals surface area contributed by atoms with Crippen molar-refractivity contribution in [2.45, 2.75) is 39.0 Å². The Balaban J connectivity index is 1.87. The van der Waals surface area contributed by atoms with Gasteiger partial charge in [0, 0.05) is 29.1 Å². The average molecular weight is 323 g/mol. The molecule has 126 valence electrons. The largest absolute Gasteiger partial charge is 0.366 e. The summed E-state index contributed by atoms with van der Waals surface area (Å²) in [6.45, 7) is 8.08. The number of pyridine rings is 1. The van der Waals surface area contributed by atoms with Crippen molar-refractivity contribution in [1.82, 2.24) is 9.88 Å². The van der Waals surface area contributed by atoms with Gasteiger partial charge in [-0.15, -0.1) is 0 Å². The van der Waals surface area contributed by atoms with E-state index in [0.717, 1.165) is 23.2 Å². The third kappa shape index (κ3) is 2.40. The van der Waals surface area contributed by atoms with Gasteiger partial charge in [-0.25, -0.2) is 0 Å². The van der Waals surface area contributed by atoms with Gasteiger partial charge in [0.05, 0.1) is 5.52 Å². The van der Waals surface area contributed by atoms with E-state index in [-0.39, 0.29) is 0 Å². The number of hydrogen-bond acceptors (Lipinski definition) is 3. The molecule has 1 unspecified atom stereocenters. The predicted octanol–water partition coefficient (Wildman–Crippen LogP) is 3.01. The maximum absolute atomic E-state index is 11.5. The van der Waals surface area contributed by atoms with Crippen molar-refractivity contribution in [3.05, 3.63) is 40.6 Å². The average Bonchev–Trinajstić information content (AvgIpc) is 2.61. The molecule has 1 aromatic carbocycles. The van der Waals surface area contributed by atoms with Crippen LogP contribution in [-0.4, -0.2) is 35.4 Å². The first kappa shape index (κ1) is 15.6. The van der Waals surface area contributed by atoms with Crippen molar-refractivity contribution in [3.8, 4) is 0 Å². The molecule has 3 fully saturated rings. The first-order chi connectivity index (χ1) is 11.6. The number of primary amides is 1. The molecule has 1 atom stereocenters. The van der Waals surface area contributed by atoms with Gasteiger partial charge >= 0.3 is 0 Å². The smallest absolute Gasteiger partial charge is 0.248 e. The first-order valence-electron chi connectivity index (χ1n) is 9.03. The lowest BCUT2D eigenvalue weighted by atomic mass is 9.73. The van der Waals surface area contributed by atoms with Gasteiger partial charge in [0.15, 0.2) is 0 Å². The van der Waals surface area contributed by atoms with E-state index in [2.05, 4.69) is 18.7 Å². The second kappa shape index (κ2) is 5.85. The Morgan fingerprint density at radius 1 is 1.33 bits per heavy atom. The highest BCUT2D eigenvalue weighted by Crippen LogP contribution is 2.42. The van der Waals surface area contributed by atoms with Crippen LogP contribution in [0.1, 0.15) is 52.9 Å². The fourth-order valence-corrected chi connectivity index (χ4v) is 4.72. The Morgan fingerprint density at radius 2 is 2.08 bits per heavy atom. The van der Waals surface area contributed by atoms with Gasteiger partial charge in [-0.2, -0.15) is 0 Å². The third-order valence-electron chi connectivity index (χ3n) is 6.02. The van der Waals surface area contributed by atoms with E-state index in [4.69, 9.17) is 10.7 Å². The van der Waals surface area contributed by atoms with E-state index in [1.165, 1.54) is 49.3 Å². The third-order valence-corrected chi connectivity index (χ3v) is 6.02. The summed E-state index contributed by atoms with van der Waals surface area (Å²) in [6, 6.07) is 5.68. The number of hydrogen-bond donors (Lipinski definition) is 1. The molecule has 0 radical (unpaired) electrons. The number of amides is 1. The topological polar surface area (TPSA) is 59.2 Å². The fraction of sp³-hybridized carbons (Fsp3) is 0.500. The number of carbonyl (C=O) groups is 1. The van der Waals surface area contributed by atoms with Gasteiger partial charge < -0.3 is 10.6 Å². The summed E-state index contributed by atoms with van der Waals surface area (Å²) in [4.78, 5) is 19.0. The van der Waals surface area contributed by atoms with Crippen LogP contribution in [0.4, 0.5) is 0 Å². The van der Waals surface area contributed by atoms with Crippen molar-refractivity contribution in [1.29, 1.82) is 0 Å². The Hall–Kier alpha value is -1.94. The minimum Gasteiger partial charge on any atom is -0.366 e. The van der Waals surface area contributed by atoms with Crippen LogP contribution >= 0.6 is 0 Å². The standard InChI is InChI=1S/C20H25N3O/c1-3-17-19(16-11-23-8-6-13(16)7-9-23)12(2)15-5-4-14(20(21)24)10-18(15)22-17/h4-5,10,13,16H,3,6-9,11H2,1-2H3,(H2,21,24). The van der Waals surface area contributed by atoms with Gasteiger partial charge in [0.25, 0.3) is 0 Å². The lowest BCUT2D eigenvalue weighted by Gasteiger charge is -2.46. The van der Waals surface area contributed by atoms with E-state index in [0.29, 0.717) is 11.5 Å². The van der Waals surface area contributed by atoms with Crippen molar-refractivity contribution >= 4 is 16.8 Å². The van der Waals surface area contributed by atoms with Crippen molar-refractivity contribution in [2.24, 2.45) is 11.7 Å². The van der Waals surface area contributed by atoms with E-state index in [1.807, 2.05) is 18.2 Å². The molecular weight excluding hydrogens is 298 g/mol. The number of aryl methyl sites for hydroxylation is 2.